The molecule has 0 atom stereocenters. The minimum atomic E-state index is -0.509. The number of ether oxygens (including phenoxy) is 1. The van der Waals surface area contributed by atoms with Crippen LogP contribution < -0.4 is 10.2 Å². The third-order valence-corrected chi connectivity index (χ3v) is 4.73. The Kier molecular flexibility index (Phi) is 5.90. The number of carbonyl (C=O) groups excluding carboxylic acids is 1. The highest BCUT2D eigenvalue weighted by molar-refractivity contribution is 6.32. The normalized spacial score (nSPS) is 11.2. The number of hydrogen-bond donors (Lipinski definition) is 1. The molecule has 0 saturated heterocycles. The third-order valence-electron chi connectivity index (χ3n) is 4.42. The number of benzene rings is 2. The van der Waals surface area contributed by atoms with E-state index >= 15 is 0 Å². The molecule has 2 heterocycles. The van der Waals surface area contributed by atoms with Crippen molar-refractivity contribution >= 4 is 34.6 Å². The van der Waals surface area contributed by atoms with Gasteiger partial charge in [0, 0.05) is 17.0 Å². The molecule has 0 spiro atoms. The number of rotatable bonds is 6. The number of nitrogens with zero attached hydrogens (tertiary/aromatic N) is 3. The fraction of sp³-hybridized carbons (Fsp3) is 0.0909. The summed E-state index contributed by atoms with van der Waals surface area (Å²) in [5.74, 6) is -0.385. The van der Waals surface area contributed by atoms with Crippen LogP contribution in [0.3, 0.4) is 0 Å². The fourth-order valence-corrected chi connectivity index (χ4v) is 3.14. The molecule has 4 rings (SSSR count). The van der Waals surface area contributed by atoms with Gasteiger partial charge in [-0.05, 0) is 36.8 Å². The summed E-state index contributed by atoms with van der Waals surface area (Å²) < 4.78 is 24.1. The van der Waals surface area contributed by atoms with E-state index in [4.69, 9.17) is 20.9 Å². The average molecular weight is 439 g/mol. The zero-order chi connectivity index (χ0) is 21.8. The van der Waals surface area contributed by atoms with Gasteiger partial charge in [0.1, 0.15) is 16.7 Å². The van der Waals surface area contributed by atoms with E-state index in [0.717, 1.165) is 16.5 Å². The van der Waals surface area contributed by atoms with Crippen LogP contribution in [0.15, 0.2) is 64.4 Å². The van der Waals surface area contributed by atoms with Crippen LogP contribution in [0, 0.1) is 12.7 Å². The SMILES string of the molecule is Cc1cccc2cc(/C=N/NC(=O)COc3ccc(F)cc3-c3ccno3)c(Cl)nc12. The number of halogens is 2. The van der Waals surface area contributed by atoms with Crippen molar-refractivity contribution in [1.29, 1.82) is 0 Å². The zero-order valence-electron chi connectivity index (χ0n) is 16.3. The summed E-state index contributed by atoms with van der Waals surface area (Å²) in [6, 6.07) is 13.1. The van der Waals surface area contributed by atoms with Crippen molar-refractivity contribution in [2.45, 2.75) is 6.92 Å². The van der Waals surface area contributed by atoms with Gasteiger partial charge < -0.3 is 9.26 Å². The van der Waals surface area contributed by atoms with Gasteiger partial charge in [0.15, 0.2) is 12.4 Å². The van der Waals surface area contributed by atoms with Gasteiger partial charge in [0.05, 0.1) is 23.5 Å². The summed E-state index contributed by atoms with van der Waals surface area (Å²) in [6.45, 7) is 1.61. The lowest BCUT2D eigenvalue weighted by Crippen LogP contribution is -2.24. The smallest absolute Gasteiger partial charge is 0.277 e. The van der Waals surface area contributed by atoms with Gasteiger partial charge in [0.25, 0.3) is 5.91 Å². The monoisotopic (exact) mass is 438 g/mol. The van der Waals surface area contributed by atoms with E-state index in [1.54, 1.807) is 6.07 Å². The Morgan fingerprint density at radius 1 is 1.29 bits per heavy atom. The van der Waals surface area contributed by atoms with Gasteiger partial charge in [-0.2, -0.15) is 5.10 Å². The topological polar surface area (TPSA) is 89.6 Å². The molecule has 0 bridgehead atoms. The number of nitrogens with one attached hydrogen (secondary N) is 1. The lowest BCUT2D eigenvalue weighted by Gasteiger charge is -2.09. The maximum absolute atomic E-state index is 13.6. The molecule has 9 heteroatoms. The van der Waals surface area contributed by atoms with Crippen LogP contribution in [0.5, 0.6) is 5.75 Å². The second kappa shape index (κ2) is 8.93. The van der Waals surface area contributed by atoms with Gasteiger partial charge in [0.2, 0.25) is 0 Å². The lowest BCUT2D eigenvalue weighted by atomic mass is 10.1. The number of hydrazone groups is 1. The lowest BCUT2D eigenvalue weighted by molar-refractivity contribution is -0.123. The molecule has 0 aliphatic heterocycles. The molecule has 0 aliphatic carbocycles. The molecule has 1 N–H and O–H groups in total. The van der Waals surface area contributed by atoms with Crippen LogP contribution in [-0.4, -0.2) is 28.9 Å². The van der Waals surface area contributed by atoms with Crippen LogP contribution in [0.25, 0.3) is 22.2 Å². The molecule has 7 nitrogen and oxygen atoms in total. The summed E-state index contributed by atoms with van der Waals surface area (Å²) in [5, 5.41) is 8.70. The Balaban J connectivity index is 1.41. The molecule has 0 radical (unpaired) electrons. The number of hydrogen-bond acceptors (Lipinski definition) is 6. The molecular weight excluding hydrogens is 423 g/mol. The highest BCUT2D eigenvalue weighted by Crippen LogP contribution is 2.30. The largest absolute Gasteiger partial charge is 0.483 e. The van der Waals surface area contributed by atoms with Crippen molar-refractivity contribution in [1.82, 2.24) is 15.6 Å². The Morgan fingerprint density at radius 2 is 2.16 bits per heavy atom. The summed E-state index contributed by atoms with van der Waals surface area (Å²) in [7, 11) is 0. The summed E-state index contributed by atoms with van der Waals surface area (Å²) in [4.78, 5) is 16.5. The van der Waals surface area contributed by atoms with Crippen molar-refractivity contribution in [3.63, 3.8) is 0 Å². The molecular formula is C22H16ClFN4O3. The highest BCUT2D eigenvalue weighted by Gasteiger charge is 2.13. The molecule has 0 unspecified atom stereocenters. The van der Waals surface area contributed by atoms with Crippen LogP contribution in [-0.2, 0) is 4.79 Å². The number of carbonyl (C=O) groups is 1. The first-order valence-electron chi connectivity index (χ1n) is 9.22. The van der Waals surface area contributed by atoms with Crippen molar-refractivity contribution in [3.8, 4) is 17.1 Å². The average Bonchev–Trinajstić information content (AvgIpc) is 3.29. The molecule has 0 saturated carbocycles. The zero-order valence-corrected chi connectivity index (χ0v) is 17.1. The fourth-order valence-electron chi connectivity index (χ4n) is 2.96. The second-order valence-electron chi connectivity index (χ2n) is 6.61. The first-order valence-corrected chi connectivity index (χ1v) is 9.60. The van der Waals surface area contributed by atoms with E-state index in [1.165, 1.54) is 30.6 Å². The van der Waals surface area contributed by atoms with E-state index in [-0.39, 0.29) is 17.5 Å². The molecule has 4 aromatic rings. The van der Waals surface area contributed by atoms with Crippen molar-refractivity contribution < 1.29 is 18.4 Å². The van der Waals surface area contributed by atoms with Gasteiger partial charge in [-0.1, -0.05) is 35.0 Å². The maximum atomic E-state index is 13.6. The Bertz CT molecular complexity index is 1280. The van der Waals surface area contributed by atoms with Crippen LogP contribution in [0.4, 0.5) is 4.39 Å². The van der Waals surface area contributed by atoms with Crippen molar-refractivity contribution in [2.24, 2.45) is 5.10 Å². The van der Waals surface area contributed by atoms with Crippen LogP contribution in [0.1, 0.15) is 11.1 Å². The number of amides is 1. The Labute approximate surface area is 181 Å². The van der Waals surface area contributed by atoms with Crippen LogP contribution >= 0.6 is 11.6 Å². The van der Waals surface area contributed by atoms with E-state index in [1.807, 2.05) is 31.2 Å². The minimum Gasteiger partial charge on any atom is -0.483 e. The van der Waals surface area contributed by atoms with Crippen molar-refractivity contribution in [3.05, 3.63) is 76.8 Å². The number of aryl methyl sites for hydroxylation is 1. The molecule has 0 fully saturated rings. The second-order valence-corrected chi connectivity index (χ2v) is 6.97. The Hall–Kier alpha value is -3.78. The van der Waals surface area contributed by atoms with E-state index in [9.17, 15) is 9.18 Å². The quantitative estimate of drug-likeness (QED) is 0.271. The van der Waals surface area contributed by atoms with E-state index in [0.29, 0.717) is 16.9 Å². The highest BCUT2D eigenvalue weighted by atomic mass is 35.5. The molecule has 1 amide bonds. The first-order chi connectivity index (χ1) is 15.0. The predicted molar refractivity (Wildman–Crippen MR) is 115 cm³/mol. The summed E-state index contributed by atoms with van der Waals surface area (Å²) in [5.41, 5.74) is 5.09. The third kappa shape index (κ3) is 4.70. The molecule has 31 heavy (non-hydrogen) atoms. The number of para-hydroxylation sites is 1. The van der Waals surface area contributed by atoms with Gasteiger partial charge in [-0.15, -0.1) is 0 Å². The molecule has 0 aliphatic rings. The number of aromatic nitrogens is 2. The van der Waals surface area contributed by atoms with E-state index < -0.39 is 11.7 Å². The molecule has 2 aromatic heterocycles. The molecule has 2 aromatic carbocycles. The Morgan fingerprint density at radius 3 is 2.97 bits per heavy atom. The van der Waals surface area contributed by atoms with Gasteiger partial charge >= 0.3 is 0 Å². The summed E-state index contributed by atoms with van der Waals surface area (Å²) >= 11 is 6.23. The van der Waals surface area contributed by atoms with Crippen molar-refractivity contribution in [2.75, 3.05) is 6.61 Å². The minimum absolute atomic E-state index is 0.273. The standard InChI is InChI=1S/C22H16ClFN4O3/c1-13-3-2-4-14-9-15(22(23)27-21(13)14)11-25-28-20(29)12-30-18-6-5-16(24)10-17(18)19-7-8-26-31-19/h2-11H,12H2,1H3,(H,28,29)/b25-11+. The predicted octanol–water partition coefficient (Wildman–Crippen LogP) is 4.52. The number of pyridine rings is 1. The van der Waals surface area contributed by atoms with E-state index in [2.05, 4.69) is 20.7 Å². The van der Waals surface area contributed by atoms with Gasteiger partial charge in [-0.25, -0.2) is 14.8 Å². The van der Waals surface area contributed by atoms with Gasteiger partial charge in [-0.3, -0.25) is 4.79 Å². The maximum Gasteiger partial charge on any atom is 0.277 e. The first kappa shape index (κ1) is 20.5. The molecule has 156 valence electrons. The van der Waals surface area contributed by atoms with Crippen LogP contribution in [0.2, 0.25) is 5.15 Å². The summed E-state index contributed by atoms with van der Waals surface area (Å²) in [6.07, 6.45) is 2.84. The number of fused-ring (bicyclic) bond motifs is 1.